The van der Waals surface area contributed by atoms with Gasteiger partial charge < -0.3 is 15.5 Å². The smallest absolute Gasteiger partial charge is 0.0105 e. The molecule has 0 bridgehead atoms. The van der Waals surface area contributed by atoms with Crippen molar-refractivity contribution in [3.05, 3.63) is 0 Å². The van der Waals surface area contributed by atoms with E-state index in [1.165, 1.54) is 45.6 Å². The number of piperidine rings is 1. The van der Waals surface area contributed by atoms with Crippen molar-refractivity contribution in [1.29, 1.82) is 0 Å². The van der Waals surface area contributed by atoms with Gasteiger partial charge in [0, 0.05) is 19.6 Å². The van der Waals surface area contributed by atoms with Crippen molar-refractivity contribution < 1.29 is 0 Å². The lowest BCUT2D eigenvalue weighted by Gasteiger charge is -2.34. The Bertz CT molecular complexity index is 154. The molecule has 2 N–H and O–H groups in total. The summed E-state index contributed by atoms with van der Waals surface area (Å²) in [6, 6.07) is 0. The van der Waals surface area contributed by atoms with Crippen LogP contribution in [0.1, 0.15) is 26.7 Å². The lowest BCUT2D eigenvalue weighted by atomic mass is 9.96. The van der Waals surface area contributed by atoms with Crippen LogP contribution in [0.5, 0.6) is 0 Å². The molecule has 0 unspecified atom stereocenters. The fraction of sp³-hybridized carbons (Fsp3) is 1.00. The van der Waals surface area contributed by atoms with Gasteiger partial charge in [-0.05, 0) is 44.9 Å². The van der Waals surface area contributed by atoms with Gasteiger partial charge >= 0.3 is 0 Å². The van der Waals surface area contributed by atoms with E-state index < -0.39 is 0 Å². The van der Waals surface area contributed by atoms with Crippen molar-refractivity contribution >= 4 is 12.4 Å². The van der Waals surface area contributed by atoms with Gasteiger partial charge in [0.2, 0.25) is 0 Å². The van der Waals surface area contributed by atoms with Crippen LogP contribution in [0.2, 0.25) is 0 Å². The molecule has 3 nitrogen and oxygen atoms in total. The zero-order valence-electron chi connectivity index (χ0n) is 10.8. The van der Waals surface area contributed by atoms with Crippen LogP contribution >= 0.6 is 12.4 Å². The van der Waals surface area contributed by atoms with Crippen molar-refractivity contribution in [2.75, 3.05) is 45.8 Å². The fourth-order valence-electron chi connectivity index (χ4n) is 2.42. The van der Waals surface area contributed by atoms with Crippen molar-refractivity contribution in [2.45, 2.75) is 26.7 Å². The third kappa shape index (κ3) is 5.48. The van der Waals surface area contributed by atoms with E-state index in [-0.39, 0.29) is 12.4 Å². The molecule has 0 aromatic heterocycles. The van der Waals surface area contributed by atoms with Crippen molar-refractivity contribution in [2.24, 2.45) is 11.7 Å². The molecule has 1 aliphatic rings. The molecule has 16 heavy (non-hydrogen) atoms. The Labute approximate surface area is 107 Å². The van der Waals surface area contributed by atoms with E-state index >= 15 is 0 Å². The number of halogens is 1. The largest absolute Gasteiger partial charge is 0.329 e. The third-order valence-corrected chi connectivity index (χ3v) is 3.56. The van der Waals surface area contributed by atoms with Crippen LogP contribution in [0.4, 0.5) is 0 Å². The fourth-order valence-corrected chi connectivity index (χ4v) is 2.42. The van der Waals surface area contributed by atoms with Crippen LogP contribution in [0, 0.1) is 5.92 Å². The predicted molar refractivity (Wildman–Crippen MR) is 73.3 cm³/mol. The molecule has 0 aromatic carbocycles. The molecule has 0 aromatic rings. The zero-order chi connectivity index (χ0) is 11.1. The molecule has 0 radical (unpaired) electrons. The summed E-state index contributed by atoms with van der Waals surface area (Å²) in [5.41, 5.74) is 5.57. The van der Waals surface area contributed by atoms with Gasteiger partial charge in [-0.2, -0.15) is 0 Å². The highest BCUT2D eigenvalue weighted by Gasteiger charge is 2.19. The molecule has 0 amide bonds. The molecule has 0 spiro atoms. The van der Waals surface area contributed by atoms with Crippen molar-refractivity contribution in [1.82, 2.24) is 9.80 Å². The van der Waals surface area contributed by atoms with Crippen molar-refractivity contribution in [3.63, 3.8) is 0 Å². The second-order valence-electron chi connectivity index (χ2n) is 4.56. The van der Waals surface area contributed by atoms with Crippen LogP contribution in [0.25, 0.3) is 0 Å². The highest BCUT2D eigenvalue weighted by Crippen LogP contribution is 2.17. The third-order valence-electron chi connectivity index (χ3n) is 3.56. The summed E-state index contributed by atoms with van der Waals surface area (Å²) in [5.74, 6) is 0.916. The summed E-state index contributed by atoms with van der Waals surface area (Å²) < 4.78 is 0. The normalized spacial score (nSPS) is 18.8. The van der Waals surface area contributed by atoms with Crippen LogP contribution in [-0.2, 0) is 0 Å². The molecule has 1 fully saturated rings. The number of nitrogens with two attached hydrogens (primary N) is 1. The molecule has 1 heterocycles. The second kappa shape index (κ2) is 9.23. The standard InChI is InChI=1S/C12H27N3.ClH/c1-3-14(4-2)11-12-5-8-15(9-6-12)10-7-13;/h12H,3-11,13H2,1-2H3;1H. The first-order valence-corrected chi connectivity index (χ1v) is 6.44. The maximum absolute atomic E-state index is 5.57. The monoisotopic (exact) mass is 249 g/mol. The maximum atomic E-state index is 5.57. The summed E-state index contributed by atoms with van der Waals surface area (Å²) in [7, 11) is 0. The Morgan fingerprint density at radius 3 is 2.19 bits per heavy atom. The predicted octanol–water partition coefficient (Wildman–Crippen LogP) is 1.42. The molecule has 4 heteroatoms. The summed E-state index contributed by atoms with van der Waals surface area (Å²) >= 11 is 0. The van der Waals surface area contributed by atoms with Gasteiger partial charge in [0.25, 0.3) is 0 Å². The van der Waals surface area contributed by atoms with Gasteiger partial charge in [-0.1, -0.05) is 13.8 Å². The molecule has 1 rings (SSSR count). The van der Waals surface area contributed by atoms with Crippen molar-refractivity contribution in [3.8, 4) is 0 Å². The Balaban J connectivity index is 0.00000225. The van der Waals surface area contributed by atoms with Crippen LogP contribution in [0.3, 0.4) is 0 Å². The minimum atomic E-state index is 0. The van der Waals surface area contributed by atoms with E-state index in [0.717, 1.165) is 19.0 Å². The van der Waals surface area contributed by atoms with E-state index in [1.54, 1.807) is 0 Å². The SMILES string of the molecule is CCN(CC)CC1CCN(CCN)CC1.Cl. The van der Waals surface area contributed by atoms with Gasteiger partial charge in [-0.3, -0.25) is 0 Å². The summed E-state index contributed by atoms with van der Waals surface area (Å²) in [6.45, 7) is 12.6. The first-order chi connectivity index (χ1) is 7.30. The van der Waals surface area contributed by atoms with Crippen LogP contribution in [-0.4, -0.2) is 55.6 Å². The van der Waals surface area contributed by atoms with E-state index in [2.05, 4.69) is 23.6 Å². The molecule has 1 aliphatic heterocycles. The topological polar surface area (TPSA) is 32.5 Å². The molecule has 0 aliphatic carbocycles. The number of hydrogen-bond acceptors (Lipinski definition) is 3. The zero-order valence-corrected chi connectivity index (χ0v) is 11.6. The number of hydrogen-bond donors (Lipinski definition) is 1. The second-order valence-corrected chi connectivity index (χ2v) is 4.56. The van der Waals surface area contributed by atoms with E-state index in [4.69, 9.17) is 5.73 Å². The summed E-state index contributed by atoms with van der Waals surface area (Å²) in [4.78, 5) is 5.04. The maximum Gasteiger partial charge on any atom is 0.0105 e. The average molecular weight is 250 g/mol. The summed E-state index contributed by atoms with van der Waals surface area (Å²) in [6.07, 6.45) is 2.72. The Kier molecular flexibility index (Phi) is 9.32. The number of likely N-dealkylation sites (tertiary alicyclic amines) is 1. The average Bonchev–Trinajstić information content (AvgIpc) is 2.28. The molecular weight excluding hydrogens is 222 g/mol. The molecule has 98 valence electrons. The van der Waals surface area contributed by atoms with Crippen LogP contribution in [0.15, 0.2) is 0 Å². The Morgan fingerprint density at radius 2 is 1.75 bits per heavy atom. The molecule has 0 saturated carbocycles. The first kappa shape index (κ1) is 16.2. The van der Waals surface area contributed by atoms with E-state index in [9.17, 15) is 0 Å². The molecular formula is C12H28ClN3. The van der Waals surface area contributed by atoms with Gasteiger partial charge in [0.15, 0.2) is 0 Å². The quantitative estimate of drug-likeness (QED) is 0.773. The number of rotatable bonds is 6. The van der Waals surface area contributed by atoms with Gasteiger partial charge in [-0.15, -0.1) is 12.4 Å². The van der Waals surface area contributed by atoms with Gasteiger partial charge in [0.05, 0.1) is 0 Å². The first-order valence-electron chi connectivity index (χ1n) is 6.44. The Hall–Kier alpha value is 0.170. The highest BCUT2D eigenvalue weighted by molar-refractivity contribution is 5.85. The van der Waals surface area contributed by atoms with Gasteiger partial charge in [0.1, 0.15) is 0 Å². The lowest BCUT2D eigenvalue weighted by Crippen LogP contribution is -2.40. The minimum Gasteiger partial charge on any atom is -0.329 e. The van der Waals surface area contributed by atoms with E-state index in [1.807, 2.05) is 0 Å². The molecule has 0 atom stereocenters. The minimum absolute atomic E-state index is 0. The van der Waals surface area contributed by atoms with Gasteiger partial charge in [-0.25, -0.2) is 0 Å². The molecule has 1 saturated heterocycles. The van der Waals surface area contributed by atoms with E-state index in [0.29, 0.717) is 0 Å². The summed E-state index contributed by atoms with van der Waals surface area (Å²) in [5, 5.41) is 0. The highest BCUT2D eigenvalue weighted by atomic mass is 35.5. The lowest BCUT2D eigenvalue weighted by molar-refractivity contribution is 0.151. The van der Waals surface area contributed by atoms with Crippen LogP contribution < -0.4 is 5.73 Å². The number of nitrogens with zero attached hydrogens (tertiary/aromatic N) is 2. The Morgan fingerprint density at radius 1 is 1.19 bits per heavy atom.